The Morgan fingerprint density at radius 1 is 1.17 bits per heavy atom. The van der Waals surface area contributed by atoms with E-state index in [-0.39, 0.29) is 35.6 Å². The first-order chi connectivity index (χ1) is 14.1. The first-order valence-electron chi connectivity index (χ1n) is 10.5. The molecule has 2 aliphatic heterocycles. The van der Waals surface area contributed by atoms with Crippen LogP contribution in [-0.4, -0.2) is 47.3 Å². The van der Waals surface area contributed by atoms with Crippen molar-refractivity contribution in [2.45, 2.75) is 50.6 Å². The molecule has 1 aromatic carbocycles. The third-order valence-corrected chi connectivity index (χ3v) is 7.00. The number of nitrogens with one attached hydrogen (secondary N) is 1. The highest BCUT2D eigenvalue weighted by molar-refractivity contribution is 7.98. The Bertz CT molecular complexity index is 775. The average Bonchev–Trinajstić information content (AvgIpc) is 3.00. The van der Waals surface area contributed by atoms with Crippen LogP contribution in [0.4, 0.5) is 0 Å². The molecule has 3 aliphatic rings. The average molecular weight is 417 g/mol. The molecule has 0 unspecified atom stereocenters. The summed E-state index contributed by atoms with van der Waals surface area (Å²) in [6.07, 6.45) is 6.60. The Labute approximate surface area is 175 Å². The lowest BCUT2D eigenvalue weighted by Gasteiger charge is -2.31. The summed E-state index contributed by atoms with van der Waals surface area (Å²) < 4.78 is 5.69. The van der Waals surface area contributed by atoms with Gasteiger partial charge in [0.15, 0.2) is 0 Å². The number of hydrogen-bond acceptors (Lipinski definition) is 5. The second-order valence-electron chi connectivity index (χ2n) is 8.08. The van der Waals surface area contributed by atoms with Crippen molar-refractivity contribution in [2.75, 3.05) is 18.6 Å². The van der Waals surface area contributed by atoms with Crippen LogP contribution >= 0.6 is 11.8 Å². The lowest BCUT2D eigenvalue weighted by Crippen LogP contribution is -2.51. The number of carbonyl (C=O) groups is 3. The predicted octanol–water partition coefficient (Wildman–Crippen LogP) is 2.92. The Kier molecular flexibility index (Phi) is 6.13. The Morgan fingerprint density at radius 2 is 1.86 bits per heavy atom. The molecule has 2 heterocycles. The van der Waals surface area contributed by atoms with E-state index in [1.54, 1.807) is 11.8 Å². The third kappa shape index (κ3) is 3.89. The summed E-state index contributed by atoms with van der Waals surface area (Å²) >= 11 is 1.62. The van der Waals surface area contributed by atoms with Crippen molar-refractivity contribution in [1.29, 1.82) is 0 Å². The number of hydrogen-bond donors (Lipinski definition) is 1. The zero-order valence-electron chi connectivity index (χ0n) is 16.8. The number of rotatable bonds is 6. The maximum absolute atomic E-state index is 13.3. The summed E-state index contributed by atoms with van der Waals surface area (Å²) in [5.74, 6) is 0.510. The number of imide groups is 1. The monoisotopic (exact) mass is 416 g/mol. The highest BCUT2D eigenvalue weighted by Gasteiger charge is 2.51. The van der Waals surface area contributed by atoms with Crippen LogP contribution in [0.15, 0.2) is 24.3 Å². The van der Waals surface area contributed by atoms with Gasteiger partial charge in [0.25, 0.3) is 0 Å². The van der Waals surface area contributed by atoms with Crippen LogP contribution in [0.3, 0.4) is 0 Å². The molecular formula is C22H28N2O4S. The van der Waals surface area contributed by atoms with Crippen molar-refractivity contribution in [3.05, 3.63) is 29.8 Å². The molecule has 1 N–H and O–H groups in total. The number of benzene rings is 1. The standard InChI is InChI=1S/C22H28N2O4S/c1-29-13-11-18(24-21(26)14-6-2-3-7-15(14)22(24)27)20(25)23-17-10-12-28-19-9-5-4-8-16(17)19/h4-5,8-9,14-15,17-18H,2-3,6-7,10-13H2,1H3,(H,23,25)/t14-,15+,17-,18+/m0/s1. The van der Waals surface area contributed by atoms with E-state index in [0.29, 0.717) is 19.4 Å². The number of amides is 3. The minimum Gasteiger partial charge on any atom is -0.493 e. The zero-order chi connectivity index (χ0) is 20.4. The van der Waals surface area contributed by atoms with Gasteiger partial charge >= 0.3 is 0 Å². The number of carbonyl (C=O) groups excluding carboxylic acids is 3. The molecule has 0 radical (unpaired) electrons. The SMILES string of the molecule is CSCC[C@H](C(=O)N[C@H]1CCOc2ccccc21)N1C(=O)[C@H]2CCCC[C@H]2C1=O. The number of nitrogens with zero attached hydrogens (tertiary/aromatic N) is 1. The zero-order valence-corrected chi connectivity index (χ0v) is 17.6. The summed E-state index contributed by atoms with van der Waals surface area (Å²) in [7, 11) is 0. The number of fused-ring (bicyclic) bond motifs is 2. The quantitative estimate of drug-likeness (QED) is 0.722. The van der Waals surface area contributed by atoms with Crippen molar-refractivity contribution in [2.24, 2.45) is 11.8 Å². The normalized spacial score (nSPS) is 27.1. The third-order valence-electron chi connectivity index (χ3n) is 6.36. The van der Waals surface area contributed by atoms with Crippen LogP contribution in [0.1, 0.15) is 50.1 Å². The summed E-state index contributed by atoms with van der Waals surface area (Å²) in [5, 5.41) is 3.11. The van der Waals surface area contributed by atoms with Gasteiger partial charge in [-0.1, -0.05) is 31.0 Å². The number of ether oxygens (including phenoxy) is 1. The topological polar surface area (TPSA) is 75.7 Å². The molecule has 0 bridgehead atoms. The van der Waals surface area contributed by atoms with Gasteiger partial charge in [-0.15, -0.1) is 0 Å². The smallest absolute Gasteiger partial charge is 0.243 e. The molecule has 2 fully saturated rings. The van der Waals surface area contributed by atoms with Crippen molar-refractivity contribution in [3.8, 4) is 5.75 Å². The molecule has 0 spiro atoms. The minimum absolute atomic E-state index is 0.145. The second-order valence-corrected chi connectivity index (χ2v) is 9.06. The molecule has 29 heavy (non-hydrogen) atoms. The molecule has 7 heteroatoms. The molecule has 1 aromatic rings. The molecule has 4 rings (SSSR count). The molecule has 156 valence electrons. The van der Waals surface area contributed by atoms with Crippen molar-refractivity contribution in [3.63, 3.8) is 0 Å². The highest BCUT2D eigenvalue weighted by Crippen LogP contribution is 2.39. The Morgan fingerprint density at radius 3 is 2.55 bits per heavy atom. The maximum Gasteiger partial charge on any atom is 0.243 e. The van der Waals surface area contributed by atoms with Crippen LogP contribution in [-0.2, 0) is 14.4 Å². The van der Waals surface area contributed by atoms with Gasteiger partial charge in [-0.3, -0.25) is 19.3 Å². The van der Waals surface area contributed by atoms with E-state index in [2.05, 4.69) is 5.32 Å². The van der Waals surface area contributed by atoms with E-state index in [4.69, 9.17) is 4.74 Å². The molecule has 1 aliphatic carbocycles. The summed E-state index contributed by atoms with van der Waals surface area (Å²) in [4.78, 5) is 40.7. The van der Waals surface area contributed by atoms with E-state index in [0.717, 1.165) is 42.7 Å². The van der Waals surface area contributed by atoms with Crippen LogP contribution < -0.4 is 10.1 Å². The van der Waals surface area contributed by atoms with Gasteiger partial charge in [0.2, 0.25) is 17.7 Å². The fraction of sp³-hybridized carbons (Fsp3) is 0.591. The van der Waals surface area contributed by atoms with E-state index in [1.165, 1.54) is 4.90 Å². The van der Waals surface area contributed by atoms with Crippen LogP contribution in [0, 0.1) is 11.8 Å². The molecular weight excluding hydrogens is 388 g/mol. The first-order valence-corrected chi connectivity index (χ1v) is 11.9. The Hall–Kier alpha value is -2.02. The van der Waals surface area contributed by atoms with E-state index >= 15 is 0 Å². The molecule has 1 saturated heterocycles. The predicted molar refractivity (Wildman–Crippen MR) is 112 cm³/mol. The molecule has 4 atom stereocenters. The first kappa shape index (κ1) is 20.3. The highest BCUT2D eigenvalue weighted by atomic mass is 32.2. The summed E-state index contributed by atoms with van der Waals surface area (Å²) in [6.45, 7) is 0.531. The lowest BCUT2D eigenvalue weighted by molar-refractivity contribution is -0.148. The van der Waals surface area contributed by atoms with Crippen LogP contribution in [0.2, 0.25) is 0 Å². The molecule has 1 saturated carbocycles. The van der Waals surface area contributed by atoms with Crippen LogP contribution in [0.25, 0.3) is 0 Å². The van der Waals surface area contributed by atoms with Gasteiger partial charge in [0.05, 0.1) is 24.5 Å². The second kappa shape index (κ2) is 8.78. The van der Waals surface area contributed by atoms with E-state index in [9.17, 15) is 14.4 Å². The fourth-order valence-corrected chi connectivity index (χ4v) is 5.32. The maximum atomic E-state index is 13.3. The molecule has 0 aromatic heterocycles. The Balaban J connectivity index is 1.55. The van der Waals surface area contributed by atoms with Gasteiger partial charge in [0, 0.05) is 12.0 Å². The fourth-order valence-electron chi connectivity index (χ4n) is 4.86. The van der Waals surface area contributed by atoms with Gasteiger partial charge in [0.1, 0.15) is 11.8 Å². The number of thioether (sulfide) groups is 1. The largest absolute Gasteiger partial charge is 0.493 e. The van der Waals surface area contributed by atoms with Crippen molar-refractivity contribution >= 4 is 29.5 Å². The van der Waals surface area contributed by atoms with Gasteiger partial charge in [-0.25, -0.2) is 0 Å². The van der Waals surface area contributed by atoms with E-state index < -0.39 is 6.04 Å². The summed E-state index contributed by atoms with van der Waals surface area (Å²) in [5.41, 5.74) is 0.948. The van der Waals surface area contributed by atoms with E-state index in [1.807, 2.05) is 30.5 Å². The molecule has 6 nitrogen and oxygen atoms in total. The van der Waals surface area contributed by atoms with Gasteiger partial charge < -0.3 is 10.1 Å². The number of para-hydroxylation sites is 1. The van der Waals surface area contributed by atoms with Crippen molar-refractivity contribution < 1.29 is 19.1 Å². The van der Waals surface area contributed by atoms with Crippen molar-refractivity contribution in [1.82, 2.24) is 10.2 Å². The lowest BCUT2D eigenvalue weighted by atomic mass is 9.81. The summed E-state index contributed by atoms with van der Waals surface area (Å²) in [6, 6.07) is 6.79. The molecule has 3 amide bonds. The van der Waals surface area contributed by atoms with Crippen LogP contribution in [0.5, 0.6) is 5.75 Å². The van der Waals surface area contributed by atoms with Gasteiger partial charge in [-0.2, -0.15) is 11.8 Å². The minimum atomic E-state index is -0.733. The number of likely N-dealkylation sites (tertiary alicyclic amines) is 1. The van der Waals surface area contributed by atoms with Gasteiger partial charge in [-0.05, 0) is 37.3 Å².